The normalized spacial score (nSPS) is 13.1. The van der Waals surface area contributed by atoms with Crippen LogP contribution in [0.15, 0.2) is 60.7 Å². The summed E-state index contributed by atoms with van der Waals surface area (Å²) in [5.41, 5.74) is 0. The van der Waals surface area contributed by atoms with E-state index in [4.69, 9.17) is 0 Å². The van der Waals surface area contributed by atoms with Crippen molar-refractivity contribution in [3.8, 4) is 0 Å². The summed E-state index contributed by atoms with van der Waals surface area (Å²) in [6, 6.07) is 19.2. The zero-order valence-corrected chi connectivity index (χ0v) is 9.99. The number of rotatable bonds is 3. The van der Waals surface area contributed by atoms with Gasteiger partial charge in [0.1, 0.15) is 7.92 Å². The first-order valence-corrected chi connectivity index (χ1v) is 7.76. The highest BCUT2D eigenvalue weighted by atomic mass is 32.1. The van der Waals surface area contributed by atoms with Gasteiger partial charge >= 0.3 is 0 Å². The lowest BCUT2D eigenvalue weighted by Gasteiger charge is -2.07. The highest BCUT2D eigenvalue weighted by Crippen LogP contribution is 2.54. The van der Waals surface area contributed by atoms with Crippen molar-refractivity contribution in [3.05, 3.63) is 60.7 Å². The van der Waals surface area contributed by atoms with Crippen LogP contribution in [0.4, 0.5) is 4.20 Å². The van der Waals surface area contributed by atoms with Crippen LogP contribution in [0.25, 0.3) is 0 Å². The average Bonchev–Trinajstić information content (AvgIpc) is 2.31. The molecule has 2 atom stereocenters. The topological polar surface area (TPSA) is 0 Å². The van der Waals surface area contributed by atoms with E-state index in [1.807, 2.05) is 60.7 Å². The number of benzene rings is 2. The fourth-order valence-electron chi connectivity index (χ4n) is 1.25. The minimum absolute atomic E-state index is 0.254. The van der Waals surface area contributed by atoms with Crippen LogP contribution < -0.4 is 10.6 Å². The molecule has 2 unspecified atom stereocenters. The smallest absolute Gasteiger partial charge is 0.137 e. The molecule has 2 aromatic rings. The second kappa shape index (κ2) is 5.35. The molecule has 0 fully saturated rings. The van der Waals surface area contributed by atoms with E-state index in [0.717, 1.165) is 10.6 Å². The van der Waals surface area contributed by atoms with Crippen LogP contribution in [0.5, 0.6) is 0 Å². The third kappa shape index (κ3) is 3.09. The molecule has 0 aliphatic heterocycles. The van der Waals surface area contributed by atoms with E-state index in [0.29, 0.717) is 0 Å². The van der Waals surface area contributed by atoms with Gasteiger partial charge in [0.05, 0.1) is 0 Å². The van der Waals surface area contributed by atoms with Gasteiger partial charge in [-0.25, -0.2) is 4.20 Å². The first-order chi connectivity index (χ1) is 7.36. The maximum atomic E-state index is 13.9. The van der Waals surface area contributed by atoms with Gasteiger partial charge in [-0.1, -0.05) is 60.7 Å². The van der Waals surface area contributed by atoms with Gasteiger partial charge in [-0.15, -0.1) is 0 Å². The molecular weight excluding hydrogens is 225 g/mol. The van der Waals surface area contributed by atoms with Gasteiger partial charge in [0.2, 0.25) is 0 Å². The Balaban J connectivity index is 2.08. The molecule has 0 spiro atoms. The monoisotopic (exact) mass is 236 g/mol. The summed E-state index contributed by atoms with van der Waals surface area (Å²) in [4.78, 5) is 0. The fraction of sp³-hybridized carbons (Fsp3) is 0. The maximum Gasteiger partial charge on any atom is 0.137 e. The molecule has 0 saturated heterocycles. The summed E-state index contributed by atoms with van der Waals surface area (Å²) >= 11 is 0. The van der Waals surface area contributed by atoms with Crippen molar-refractivity contribution in [2.75, 3.05) is 0 Å². The van der Waals surface area contributed by atoms with E-state index < -0.39 is 7.92 Å². The summed E-state index contributed by atoms with van der Waals surface area (Å²) < 4.78 is 13.9. The largest absolute Gasteiger partial charge is 0.217 e. The molecule has 0 nitrogen and oxygen atoms in total. The Bertz CT molecular complexity index is 402. The Morgan fingerprint density at radius 1 is 0.800 bits per heavy atom. The molecule has 15 heavy (non-hydrogen) atoms. The highest BCUT2D eigenvalue weighted by Gasteiger charge is 2.09. The molecule has 76 valence electrons. The minimum Gasteiger partial charge on any atom is -0.217 e. The van der Waals surface area contributed by atoms with Crippen LogP contribution in [-0.4, -0.2) is 0 Å². The third-order valence-electron chi connectivity index (χ3n) is 1.98. The van der Waals surface area contributed by atoms with Crippen LogP contribution in [0.3, 0.4) is 0 Å². The highest BCUT2D eigenvalue weighted by molar-refractivity contribution is 8.25. The van der Waals surface area contributed by atoms with Gasteiger partial charge in [0, 0.05) is 5.30 Å². The molecule has 0 bridgehead atoms. The van der Waals surface area contributed by atoms with E-state index >= 15 is 0 Å². The average molecular weight is 236 g/mol. The Labute approximate surface area is 92.1 Å². The molecule has 0 N–H and O–H groups in total. The molecule has 0 amide bonds. The molecule has 0 aromatic heterocycles. The maximum absolute atomic E-state index is 13.9. The van der Waals surface area contributed by atoms with Crippen molar-refractivity contribution >= 4 is 26.8 Å². The predicted molar refractivity (Wildman–Crippen MR) is 68.5 cm³/mol. The van der Waals surface area contributed by atoms with Crippen molar-refractivity contribution in [2.45, 2.75) is 0 Å². The summed E-state index contributed by atoms with van der Waals surface area (Å²) in [6.45, 7) is 0. The predicted octanol–water partition coefficient (Wildman–Crippen LogP) is 3.60. The Kier molecular flexibility index (Phi) is 3.83. The zero-order valence-electron chi connectivity index (χ0n) is 8.10. The van der Waals surface area contributed by atoms with Crippen LogP contribution in [-0.2, 0) is 0 Å². The molecular formula is C12H11FP2. The van der Waals surface area contributed by atoms with Crippen LogP contribution in [0.2, 0.25) is 0 Å². The lowest BCUT2D eigenvalue weighted by Crippen LogP contribution is -1.96. The second-order valence-electron chi connectivity index (χ2n) is 3.09. The molecule has 0 saturated carbocycles. The fourth-order valence-corrected chi connectivity index (χ4v) is 4.34. The number of hydrogen-bond acceptors (Lipinski definition) is 0. The summed E-state index contributed by atoms with van der Waals surface area (Å²) in [6.07, 6.45) is 0. The van der Waals surface area contributed by atoms with Gasteiger partial charge in [-0.3, -0.25) is 0 Å². The van der Waals surface area contributed by atoms with Crippen LogP contribution in [0, 0.1) is 0 Å². The molecule has 2 rings (SSSR count). The van der Waals surface area contributed by atoms with E-state index in [9.17, 15) is 4.20 Å². The van der Waals surface area contributed by atoms with Gasteiger partial charge in [-0.05, 0) is 13.6 Å². The lowest BCUT2D eigenvalue weighted by molar-refractivity contribution is 0.923. The minimum atomic E-state index is -1.52. The SMILES string of the molecule is FP(Pc1ccccc1)c1ccccc1. The Morgan fingerprint density at radius 2 is 1.33 bits per heavy atom. The Morgan fingerprint density at radius 3 is 1.93 bits per heavy atom. The molecule has 0 radical (unpaired) electrons. The summed E-state index contributed by atoms with van der Waals surface area (Å²) in [5.74, 6) is 0. The first-order valence-electron chi connectivity index (χ1n) is 4.69. The molecule has 0 heterocycles. The number of halogens is 1. The molecule has 3 heteroatoms. The summed E-state index contributed by atoms with van der Waals surface area (Å²) in [5, 5.41) is 1.92. The lowest BCUT2D eigenvalue weighted by atomic mass is 10.4. The summed E-state index contributed by atoms with van der Waals surface area (Å²) in [7, 11) is -1.27. The molecule has 0 aliphatic rings. The number of hydrogen-bond donors (Lipinski definition) is 0. The van der Waals surface area contributed by atoms with E-state index in [-0.39, 0.29) is 8.27 Å². The molecule has 2 aromatic carbocycles. The van der Waals surface area contributed by atoms with Crippen LogP contribution in [0.1, 0.15) is 0 Å². The van der Waals surface area contributed by atoms with Crippen molar-refractivity contribution < 1.29 is 4.20 Å². The van der Waals surface area contributed by atoms with Crippen molar-refractivity contribution in [1.29, 1.82) is 0 Å². The standard InChI is InChI=1S/C12H11FP2/c13-15(12-9-5-2-6-10-12)14-11-7-3-1-4-8-11/h1-10,14H. The van der Waals surface area contributed by atoms with E-state index in [1.54, 1.807) is 0 Å². The first kappa shape index (κ1) is 10.7. The van der Waals surface area contributed by atoms with Crippen molar-refractivity contribution in [1.82, 2.24) is 0 Å². The van der Waals surface area contributed by atoms with Crippen LogP contribution >= 0.6 is 16.2 Å². The second-order valence-corrected chi connectivity index (χ2v) is 6.82. The van der Waals surface area contributed by atoms with Crippen molar-refractivity contribution in [2.24, 2.45) is 0 Å². The van der Waals surface area contributed by atoms with E-state index in [2.05, 4.69) is 0 Å². The molecule has 0 aliphatic carbocycles. The quantitative estimate of drug-likeness (QED) is 0.714. The van der Waals surface area contributed by atoms with E-state index in [1.165, 1.54) is 0 Å². The third-order valence-corrected chi connectivity index (χ3v) is 5.66. The zero-order chi connectivity index (χ0) is 10.5. The van der Waals surface area contributed by atoms with Gasteiger partial charge in [0.25, 0.3) is 0 Å². The Hall–Kier alpha value is -0.770. The van der Waals surface area contributed by atoms with Gasteiger partial charge in [0.15, 0.2) is 0 Å². The van der Waals surface area contributed by atoms with Gasteiger partial charge in [-0.2, -0.15) is 0 Å². The van der Waals surface area contributed by atoms with Crippen molar-refractivity contribution in [3.63, 3.8) is 0 Å². The van der Waals surface area contributed by atoms with Gasteiger partial charge < -0.3 is 0 Å².